The third-order valence-corrected chi connectivity index (χ3v) is 0.681. The number of H-pyrrole nitrogens is 3. The molecule has 0 aliphatic heterocycles. The van der Waals surface area contributed by atoms with E-state index in [2.05, 4.69) is 0 Å². The molecule has 13 heavy (non-hydrogen) atoms. The monoisotopic (exact) mass is 207 g/mol. The van der Waals surface area contributed by atoms with Gasteiger partial charge >= 0.3 is 26.2 Å². The Hall–Kier alpha value is -1.97. The van der Waals surface area contributed by atoms with Gasteiger partial charge in [0.25, 0.3) is 0 Å². The predicted molar refractivity (Wildman–Crippen MR) is 39.2 cm³/mol. The fourth-order valence-corrected chi connectivity index (χ4v) is 0.403. The van der Waals surface area contributed by atoms with Gasteiger partial charge in [0.2, 0.25) is 0 Å². The highest BCUT2D eigenvalue weighted by Crippen LogP contribution is 1.29. The summed E-state index contributed by atoms with van der Waals surface area (Å²) in [6.45, 7) is 0. The lowest BCUT2D eigenvalue weighted by Gasteiger charge is -1.77. The molecule has 72 valence electrons. The van der Waals surface area contributed by atoms with E-state index >= 15 is 0 Å². The molecule has 0 aromatic carbocycles. The minimum atomic E-state index is -3.13. The lowest BCUT2D eigenvalue weighted by atomic mass is 11.0. The molecule has 1 aromatic heterocycles. The minimum Gasteiger partial charge on any atom is -0.511 e. The molecule has 0 amide bonds. The van der Waals surface area contributed by atoms with Gasteiger partial charge in [-0.05, 0) is 0 Å². The maximum absolute atomic E-state index is 10.2. The van der Waals surface area contributed by atoms with Gasteiger partial charge in [-0.25, -0.2) is 14.4 Å². The van der Waals surface area contributed by atoms with Crippen LogP contribution >= 0.6 is 0 Å². The molecule has 0 atom stereocenters. The second-order valence-corrected chi connectivity index (χ2v) is 2.21. The third-order valence-electron chi connectivity index (χ3n) is 0.681. The number of rotatable bonds is 0. The zero-order chi connectivity index (χ0) is 10.4. The quantitative estimate of drug-likeness (QED) is 0.274. The number of aromatic amines is 3. The van der Waals surface area contributed by atoms with Gasteiger partial charge in [0.15, 0.2) is 0 Å². The summed E-state index contributed by atoms with van der Waals surface area (Å²) in [6, 6.07) is 0. The van der Waals surface area contributed by atoms with Crippen molar-refractivity contribution in [3.05, 3.63) is 31.5 Å². The van der Waals surface area contributed by atoms with Crippen LogP contribution in [0.1, 0.15) is 0 Å². The summed E-state index contributed by atoms with van der Waals surface area (Å²) in [7, 11) is -3.13. The first-order valence-electron chi connectivity index (χ1n) is 2.76. The smallest absolute Gasteiger partial charge is 0.511 e. The number of hydrogen-bond donors (Lipinski definition) is 5. The molecule has 1 heterocycles. The molecule has 1 aromatic rings. The molecular weight excluding hydrogens is 202 g/mol. The predicted octanol–water partition coefficient (Wildman–Crippen LogP) is -3.86. The molecule has 0 fully saturated rings. The standard InChI is InChI=1S/C3H3N3O3.H2O3Si/c7-1-4-2(8)6-3(9)5-1;1-4(2)3/h(H3,4,5,6,7,8,9);1-2H. The minimum absolute atomic E-state index is 0.802. The van der Waals surface area contributed by atoms with E-state index < -0.39 is 26.2 Å². The highest BCUT2D eigenvalue weighted by molar-refractivity contribution is 6.22. The zero-order valence-corrected chi connectivity index (χ0v) is 7.03. The van der Waals surface area contributed by atoms with Gasteiger partial charge in [0, 0.05) is 0 Å². The van der Waals surface area contributed by atoms with E-state index in [1.807, 2.05) is 0 Å². The van der Waals surface area contributed by atoms with Gasteiger partial charge in [0.05, 0.1) is 0 Å². The lowest BCUT2D eigenvalue weighted by Crippen LogP contribution is -2.34. The van der Waals surface area contributed by atoms with Gasteiger partial charge in [-0.15, -0.1) is 0 Å². The highest BCUT2D eigenvalue weighted by Gasteiger charge is 1.85. The number of nitrogens with one attached hydrogen (secondary N) is 3. The van der Waals surface area contributed by atoms with Crippen LogP contribution in [0.4, 0.5) is 0 Å². The third kappa shape index (κ3) is 6.43. The Morgan fingerprint density at radius 1 is 0.846 bits per heavy atom. The van der Waals surface area contributed by atoms with Crippen molar-refractivity contribution < 1.29 is 14.1 Å². The molecule has 0 unspecified atom stereocenters. The maximum Gasteiger partial charge on any atom is 0.761 e. The van der Waals surface area contributed by atoms with Crippen LogP contribution in [0.15, 0.2) is 14.4 Å². The van der Waals surface area contributed by atoms with Crippen LogP contribution in [0, 0.1) is 0 Å². The van der Waals surface area contributed by atoms with Gasteiger partial charge in [-0.2, -0.15) is 0 Å². The van der Waals surface area contributed by atoms with Crippen molar-refractivity contribution in [3.63, 3.8) is 0 Å². The topological polar surface area (TPSA) is 156 Å². The van der Waals surface area contributed by atoms with Crippen LogP contribution < -0.4 is 17.1 Å². The fraction of sp³-hybridized carbons (Fsp3) is 0. The summed E-state index contributed by atoms with van der Waals surface area (Å²) in [4.78, 5) is 50.2. The number of hydrogen-bond acceptors (Lipinski definition) is 4. The molecule has 1 rings (SSSR count). The van der Waals surface area contributed by atoms with Crippen molar-refractivity contribution >= 4 is 9.17 Å². The molecule has 9 nitrogen and oxygen atoms in total. The Labute approximate surface area is 70.6 Å². The van der Waals surface area contributed by atoms with E-state index in [0.717, 1.165) is 0 Å². The second kappa shape index (κ2) is 4.81. The van der Waals surface area contributed by atoms with Crippen molar-refractivity contribution in [3.8, 4) is 0 Å². The Kier molecular flexibility index (Phi) is 4.08. The molecule has 5 N–H and O–H groups in total. The van der Waals surface area contributed by atoms with Crippen LogP contribution in [0.5, 0.6) is 0 Å². The maximum atomic E-state index is 10.2. The summed E-state index contributed by atoms with van der Waals surface area (Å²) in [5.74, 6) is 0. The zero-order valence-electron chi connectivity index (χ0n) is 6.03. The summed E-state index contributed by atoms with van der Waals surface area (Å²) in [5.41, 5.74) is -2.41. The molecule has 0 aliphatic rings. The van der Waals surface area contributed by atoms with Crippen LogP contribution in [0.25, 0.3) is 0 Å². The summed E-state index contributed by atoms with van der Waals surface area (Å²) >= 11 is 0. The van der Waals surface area contributed by atoms with Crippen LogP contribution in [-0.4, -0.2) is 33.7 Å². The highest BCUT2D eigenvalue weighted by atomic mass is 28.3. The molecule has 10 heteroatoms. The van der Waals surface area contributed by atoms with E-state index in [1.165, 1.54) is 0 Å². The first-order chi connectivity index (χ1) is 5.91. The van der Waals surface area contributed by atoms with Gasteiger partial charge < -0.3 is 9.59 Å². The average molecular weight is 207 g/mol. The van der Waals surface area contributed by atoms with E-state index in [-0.39, 0.29) is 0 Å². The van der Waals surface area contributed by atoms with E-state index in [1.54, 1.807) is 15.0 Å². The van der Waals surface area contributed by atoms with Crippen molar-refractivity contribution in [1.82, 2.24) is 15.0 Å². The average Bonchev–Trinajstić information content (AvgIpc) is 1.80. The Morgan fingerprint density at radius 3 is 1.15 bits per heavy atom. The van der Waals surface area contributed by atoms with Crippen LogP contribution in [-0.2, 0) is 4.46 Å². The normalized spacial score (nSPS) is 8.31. The van der Waals surface area contributed by atoms with Crippen LogP contribution in [0.2, 0.25) is 0 Å². The van der Waals surface area contributed by atoms with Crippen molar-refractivity contribution in [2.24, 2.45) is 0 Å². The fourth-order valence-electron chi connectivity index (χ4n) is 0.403. The SMILES string of the molecule is O=[Si](O)O.O=c1[nH]c(=O)[nH]c(=O)[nH]1. The molecule has 0 saturated heterocycles. The van der Waals surface area contributed by atoms with Gasteiger partial charge in [-0.3, -0.25) is 19.4 Å². The van der Waals surface area contributed by atoms with Crippen LogP contribution in [0.3, 0.4) is 0 Å². The van der Waals surface area contributed by atoms with E-state index in [9.17, 15) is 14.4 Å². The summed E-state index contributed by atoms with van der Waals surface area (Å²) in [5, 5.41) is 0. The molecule has 0 saturated carbocycles. The molecule has 0 spiro atoms. The second-order valence-electron chi connectivity index (χ2n) is 1.64. The molecule has 0 bridgehead atoms. The summed E-state index contributed by atoms with van der Waals surface area (Å²) in [6.07, 6.45) is 0. The van der Waals surface area contributed by atoms with Crippen molar-refractivity contribution in [1.29, 1.82) is 0 Å². The Bertz CT molecular complexity index is 359. The molecular formula is C3H5N3O6Si. The van der Waals surface area contributed by atoms with Crippen molar-refractivity contribution in [2.75, 3.05) is 0 Å². The van der Waals surface area contributed by atoms with Gasteiger partial charge in [0.1, 0.15) is 0 Å². The summed E-state index contributed by atoms with van der Waals surface area (Å²) < 4.78 is 8.74. The van der Waals surface area contributed by atoms with Crippen molar-refractivity contribution in [2.45, 2.75) is 0 Å². The van der Waals surface area contributed by atoms with E-state index in [4.69, 9.17) is 14.1 Å². The molecule has 0 aliphatic carbocycles. The molecule has 0 radical (unpaired) electrons. The van der Waals surface area contributed by atoms with E-state index in [0.29, 0.717) is 0 Å². The number of aromatic nitrogens is 3. The first-order valence-corrected chi connectivity index (χ1v) is 4.07. The van der Waals surface area contributed by atoms with Gasteiger partial charge in [-0.1, -0.05) is 0 Å². The largest absolute Gasteiger partial charge is 0.761 e. The Balaban J connectivity index is 0.000000310. The lowest BCUT2D eigenvalue weighted by molar-refractivity contribution is 0.330. The first kappa shape index (κ1) is 11.0. The Morgan fingerprint density at radius 2 is 1.00 bits per heavy atom.